The molecular weight excluding hydrogens is 264 g/mol. The topological polar surface area (TPSA) is 54.2 Å². The van der Waals surface area contributed by atoms with E-state index >= 15 is 0 Å². The Morgan fingerprint density at radius 2 is 2.14 bits per heavy atom. The van der Waals surface area contributed by atoms with Crippen molar-refractivity contribution in [2.24, 2.45) is 5.92 Å². The normalized spacial score (nSPS) is 19.0. The average molecular weight is 286 g/mol. The largest absolute Gasteiger partial charge is 0.419 e. The molecule has 1 saturated heterocycles. The summed E-state index contributed by atoms with van der Waals surface area (Å²) in [6.07, 6.45) is 2.58. The van der Waals surface area contributed by atoms with E-state index in [-0.39, 0.29) is 0 Å². The zero-order valence-electron chi connectivity index (χ0n) is 12.5. The number of rotatable bonds is 5. The van der Waals surface area contributed by atoms with E-state index in [2.05, 4.69) is 27.5 Å². The molecule has 2 heterocycles. The van der Waals surface area contributed by atoms with Crippen molar-refractivity contribution in [2.45, 2.75) is 19.4 Å². The number of hydrogen-bond donors (Lipinski definition) is 1. The molecule has 0 aliphatic carbocycles. The van der Waals surface area contributed by atoms with Gasteiger partial charge in [0.25, 0.3) is 0 Å². The van der Waals surface area contributed by atoms with Crippen LogP contribution in [0.15, 0.2) is 34.7 Å². The highest BCUT2D eigenvalue weighted by molar-refractivity contribution is 5.51. The van der Waals surface area contributed by atoms with Crippen molar-refractivity contribution in [2.75, 3.05) is 26.7 Å². The first-order chi connectivity index (χ1) is 10.3. The summed E-state index contributed by atoms with van der Waals surface area (Å²) in [5.74, 6) is 2.00. The Hall–Kier alpha value is -1.72. The Balaban J connectivity index is 1.56. The summed E-state index contributed by atoms with van der Waals surface area (Å²) in [6, 6.07) is 9.89. The SMILES string of the molecule is CN(Cc1nnc(-c2ccccc2)o1)CC1CCCNC1. The van der Waals surface area contributed by atoms with Crippen molar-refractivity contribution in [1.29, 1.82) is 0 Å². The fourth-order valence-corrected chi connectivity index (χ4v) is 2.83. The summed E-state index contributed by atoms with van der Waals surface area (Å²) < 4.78 is 5.75. The van der Waals surface area contributed by atoms with Gasteiger partial charge < -0.3 is 9.73 Å². The molecule has 0 amide bonds. The molecule has 0 saturated carbocycles. The van der Waals surface area contributed by atoms with Crippen molar-refractivity contribution in [3.05, 3.63) is 36.2 Å². The molecule has 2 aromatic rings. The van der Waals surface area contributed by atoms with E-state index in [0.717, 1.165) is 31.1 Å². The van der Waals surface area contributed by atoms with Crippen molar-refractivity contribution in [3.63, 3.8) is 0 Å². The first-order valence-corrected chi connectivity index (χ1v) is 7.58. The second-order valence-corrected chi connectivity index (χ2v) is 5.78. The molecule has 5 nitrogen and oxygen atoms in total. The van der Waals surface area contributed by atoms with E-state index in [1.165, 1.54) is 12.8 Å². The van der Waals surface area contributed by atoms with E-state index in [9.17, 15) is 0 Å². The van der Waals surface area contributed by atoms with Gasteiger partial charge in [-0.15, -0.1) is 10.2 Å². The highest BCUT2D eigenvalue weighted by atomic mass is 16.4. The van der Waals surface area contributed by atoms with Crippen LogP contribution in [0.5, 0.6) is 0 Å². The predicted molar refractivity (Wildman–Crippen MR) is 81.7 cm³/mol. The van der Waals surface area contributed by atoms with Crippen LogP contribution >= 0.6 is 0 Å². The highest BCUT2D eigenvalue weighted by Gasteiger charge is 2.16. The predicted octanol–water partition coefficient (Wildman–Crippen LogP) is 2.17. The molecule has 0 spiro atoms. The van der Waals surface area contributed by atoms with Crippen LogP contribution in [-0.2, 0) is 6.54 Å². The third kappa shape index (κ3) is 3.89. The molecule has 1 aliphatic rings. The van der Waals surface area contributed by atoms with Gasteiger partial charge in [0.15, 0.2) is 0 Å². The maximum absolute atomic E-state index is 5.75. The van der Waals surface area contributed by atoms with Crippen LogP contribution in [0.25, 0.3) is 11.5 Å². The van der Waals surface area contributed by atoms with Crippen LogP contribution in [0, 0.1) is 5.92 Å². The Bertz CT molecular complexity index is 548. The van der Waals surface area contributed by atoms with Crippen LogP contribution in [0.1, 0.15) is 18.7 Å². The van der Waals surface area contributed by atoms with E-state index in [1.54, 1.807) is 0 Å². The van der Waals surface area contributed by atoms with Gasteiger partial charge in [-0.25, -0.2) is 0 Å². The number of nitrogens with one attached hydrogen (secondary N) is 1. The Kier molecular flexibility index (Phi) is 4.62. The van der Waals surface area contributed by atoms with E-state index in [1.807, 2.05) is 30.3 Å². The van der Waals surface area contributed by atoms with Gasteiger partial charge in [-0.1, -0.05) is 18.2 Å². The van der Waals surface area contributed by atoms with Gasteiger partial charge in [-0.3, -0.25) is 4.90 Å². The van der Waals surface area contributed by atoms with Gasteiger partial charge in [0.1, 0.15) is 0 Å². The summed E-state index contributed by atoms with van der Waals surface area (Å²) >= 11 is 0. The second kappa shape index (κ2) is 6.83. The molecule has 1 unspecified atom stereocenters. The number of piperidine rings is 1. The van der Waals surface area contributed by atoms with Gasteiger partial charge >= 0.3 is 0 Å². The lowest BCUT2D eigenvalue weighted by atomic mass is 9.99. The number of aromatic nitrogens is 2. The molecule has 1 fully saturated rings. The quantitative estimate of drug-likeness (QED) is 0.913. The molecular formula is C16H22N4O. The van der Waals surface area contributed by atoms with Gasteiger partial charge in [0, 0.05) is 12.1 Å². The van der Waals surface area contributed by atoms with Gasteiger partial charge in [-0.05, 0) is 51.0 Å². The molecule has 0 bridgehead atoms. The van der Waals surface area contributed by atoms with Gasteiger partial charge in [0.2, 0.25) is 11.8 Å². The minimum atomic E-state index is 0.596. The zero-order chi connectivity index (χ0) is 14.5. The monoisotopic (exact) mass is 286 g/mol. The molecule has 1 aromatic carbocycles. The van der Waals surface area contributed by atoms with Crippen molar-refractivity contribution < 1.29 is 4.42 Å². The van der Waals surface area contributed by atoms with E-state index in [4.69, 9.17) is 4.42 Å². The Morgan fingerprint density at radius 1 is 1.29 bits per heavy atom. The second-order valence-electron chi connectivity index (χ2n) is 5.78. The zero-order valence-corrected chi connectivity index (χ0v) is 12.5. The van der Waals surface area contributed by atoms with E-state index in [0.29, 0.717) is 18.3 Å². The molecule has 1 N–H and O–H groups in total. The molecule has 3 rings (SSSR count). The fraction of sp³-hybridized carbons (Fsp3) is 0.500. The molecule has 21 heavy (non-hydrogen) atoms. The van der Waals surface area contributed by atoms with E-state index < -0.39 is 0 Å². The lowest BCUT2D eigenvalue weighted by Crippen LogP contribution is -2.36. The van der Waals surface area contributed by atoms with Crippen molar-refractivity contribution in [1.82, 2.24) is 20.4 Å². The van der Waals surface area contributed by atoms with Crippen LogP contribution in [0.4, 0.5) is 0 Å². The Morgan fingerprint density at radius 3 is 2.90 bits per heavy atom. The standard InChI is InChI=1S/C16H22N4O/c1-20(11-13-6-5-9-17-10-13)12-15-18-19-16(21-15)14-7-3-2-4-8-14/h2-4,7-8,13,17H,5-6,9-12H2,1H3. The lowest BCUT2D eigenvalue weighted by molar-refractivity contribution is 0.221. The lowest BCUT2D eigenvalue weighted by Gasteiger charge is -2.26. The summed E-state index contributed by atoms with van der Waals surface area (Å²) in [5.41, 5.74) is 0.968. The van der Waals surface area contributed by atoms with Gasteiger partial charge in [-0.2, -0.15) is 0 Å². The highest BCUT2D eigenvalue weighted by Crippen LogP contribution is 2.18. The molecule has 1 aromatic heterocycles. The fourth-order valence-electron chi connectivity index (χ4n) is 2.83. The van der Waals surface area contributed by atoms with Crippen LogP contribution < -0.4 is 5.32 Å². The molecule has 0 radical (unpaired) electrons. The van der Waals surface area contributed by atoms with Crippen molar-refractivity contribution in [3.8, 4) is 11.5 Å². The Labute approximate surface area is 125 Å². The van der Waals surface area contributed by atoms with Crippen molar-refractivity contribution >= 4 is 0 Å². The first-order valence-electron chi connectivity index (χ1n) is 7.58. The third-order valence-electron chi connectivity index (χ3n) is 3.86. The summed E-state index contributed by atoms with van der Waals surface area (Å²) in [6.45, 7) is 4.04. The first kappa shape index (κ1) is 14.2. The summed E-state index contributed by atoms with van der Waals surface area (Å²) in [4.78, 5) is 2.26. The minimum absolute atomic E-state index is 0.596. The van der Waals surface area contributed by atoms with Crippen LogP contribution in [0.3, 0.4) is 0 Å². The number of nitrogens with zero attached hydrogens (tertiary/aromatic N) is 3. The maximum atomic E-state index is 5.75. The molecule has 1 atom stereocenters. The third-order valence-corrected chi connectivity index (χ3v) is 3.86. The number of hydrogen-bond acceptors (Lipinski definition) is 5. The summed E-state index contributed by atoms with van der Waals surface area (Å²) in [7, 11) is 2.11. The summed E-state index contributed by atoms with van der Waals surface area (Å²) in [5, 5.41) is 11.7. The van der Waals surface area contributed by atoms with Crippen LogP contribution in [0.2, 0.25) is 0 Å². The number of benzene rings is 1. The van der Waals surface area contributed by atoms with Gasteiger partial charge in [0.05, 0.1) is 6.54 Å². The maximum Gasteiger partial charge on any atom is 0.247 e. The minimum Gasteiger partial charge on any atom is -0.419 e. The smallest absolute Gasteiger partial charge is 0.247 e. The molecule has 112 valence electrons. The average Bonchev–Trinajstić information content (AvgIpc) is 2.97. The molecule has 5 heteroatoms. The molecule has 1 aliphatic heterocycles. The van der Waals surface area contributed by atoms with Crippen LogP contribution in [-0.4, -0.2) is 41.8 Å².